The number of anilines is 1. The van der Waals surface area contributed by atoms with E-state index in [4.69, 9.17) is 14.2 Å². The van der Waals surface area contributed by atoms with Crippen LogP contribution in [-0.4, -0.2) is 59.7 Å². The SMILES string of the molecule is C=CCOC(=O)[C@H]1C2C(=O)O[C@@H](c3ccccc3)[C@@H](c3ccccc3)N2[C@@H](c2ccc(OCCO)cc2)[C@]12C(=O)N(C(=O)N[C@@H](C)c1ccccc1)c1ccc(I)cc12. The summed E-state index contributed by atoms with van der Waals surface area (Å²) in [6.45, 7) is 5.27. The van der Waals surface area contributed by atoms with Crippen molar-refractivity contribution in [3.05, 3.63) is 178 Å². The van der Waals surface area contributed by atoms with Crippen LogP contribution >= 0.6 is 22.6 Å². The number of imide groups is 1. The van der Waals surface area contributed by atoms with Crippen molar-refractivity contribution in [2.24, 2.45) is 5.92 Å². The molecule has 0 radical (unpaired) electrons. The number of fused-ring (bicyclic) bond motifs is 3. The first kappa shape index (κ1) is 40.0. The number of aliphatic hydroxyl groups excluding tert-OH is 1. The number of hydrogen-bond donors (Lipinski definition) is 2. The van der Waals surface area contributed by atoms with Gasteiger partial charge in [-0.05, 0) is 87.7 Å². The third kappa shape index (κ3) is 6.98. The van der Waals surface area contributed by atoms with Crippen LogP contribution in [0, 0.1) is 9.49 Å². The van der Waals surface area contributed by atoms with E-state index in [9.17, 15) is 19.5 Å². The Kier molecular flexibility index (Phi) is 11.4. The summed E-state index contributed by atoms with van der Waals surface area (Å²) >= 11 is 2.16. The second-order valence-electron chi connectivity index (χ2n) is 14.7. The van der Waals surface area contributed by atoms with Crippen LogP contribution in [0.4, 0.5) is 10.5 Å². The highest BCUT2D eigenvalue weighted by Crippen LogP contribution is 2.66. The molecular weight excluding hydrogens is 861 g/mol. The standard InChI is InChI=1S/C47H42IN3O8/c1-3-26-58-43(53)38-40-44(54)59-41(32-17-11-6-12-18-32)39(31-15-9-5-10-16-31)51(40)42(33-19-22-35(23-20-33)57-27-25-52)47(38)36-28-34(48)21-24-37(36)50(45(47)55)46(56)49-29(2)30-13-7-4-8-14-30/h3-24,28-29,38-42,52H,1,25-27H2,2H3,(H,49,56)/t29-,38+,39+,40?,41-,42-,47+/m0/s1. The molecule has 1 spiro atoms. The van der Waals surface area contributed by atoms with Crippen molar-refractivity contribution in [3.8, 4) is 5.75 Å². The molecule has 2 N–H and O–H groups in total. The van der Waals surface area contributed by atoms with Gasteiger partial charge in [0.2, 0.25) is 5.91 Å². The van der Waals surface area contributed by atoms with Crippen LogP contribution in [0.3, 0.4) is 0 Å². The molecule has 3 heterocycles. The monoisotopic (exact) mass is 903 g/mol. The fourth-order valence-electron chi connectivity index (χ4n) is 9.06. The van der Waals surface area contributed by atoms with E-state index in [2.05, 4.69) is 34.5 Å². The van der Waals surface area contributed by atoms with Crippen molar-refractivity contribution in [3.63, 3.8) is 0 Å². The van der Waals surface area contributed by atoms with Crippen LogP contribution in [0.5, 0.6) is 5.75 Å². The second-order valence-corrected chi connectivity index (χ2v) is 16.0. The van der Waals surface area contributed by atoms with E-state index in [-0.39, 0.29) is 25.5 Å². The lowest BCUT2D eigenvalue weighted by atomic mass is 9.65. The number of urea groups is 1. The molecule has 3 aliphatic heterocycles. The molecule has 0 saturated carbocycles. The summed E-state index contributed by atoms with van der Waals surface area (Å²) in [4.78, 5) is 63.8. The minimum absolute atomic E-state index is 0.0641. The Morgan fingerprint density at radius 2 is 1.53 bits per heavy atom. The van der Waals surface area contributed by atoms with Gasteiger partial charge in [0, 0.05) is 3.57 Å². The smallest absolute Gasteiger partial charge is 0.329 e. The number of ether oxygens (including phenoxy) is 3. The zero-order chi connectivity index (χ0) is 41.3. The van der Waals surface area contributed by atoms with Crippen molar-refractivity contribution >= 4 is 52.2 Å². The summed E-state index contributed by atoms with van der Waals surface area (Å²) in [6.07, 6.45) is 0.560. The summed E-state index contributed by atoms with van der Waals surface area (Å²) < 4.78 is 18.8. The summed E-state index contributed by atoms with van der Waals surface area (Å²) in [5.41, 5.74) is 1.66. The molecule has 11 nitrogen and oxygen atoms in total. The number of cyclic esters (lactones) is 1. The van der Waals surface area contributed by atoms with E-state index in [1.165, 1.54) is 6.08 Å². The van der Waals surface area contributed by atoms with Crippen LogP contribution in [0.25, 0.3) is 0 Å². The number of aliphatic hydroxyl groups is 1. The van der Waals surface area contributed by atoms with E-state index in [0.717, 1.165) is 25.2 Å². The van der Waals surface area contributed by atoms with Crippen molar-refractivity contribution in [2.75, 3.05) is 24.7 Å². The van der Waals surface area contributed by atoms with Crippen LogP contribution in [-0.2, 0) is 29.3 Å². The third-order valence-corrected chi connectivity index (χ3v) is 12.1. The predicted octanol–water partition coefficient (Wildman–Crippen LogP) is 7.53. The first-order valence-corrected chi connectivity index (χ1v) is 20.5. The molecule has 0 bridgehead atoms. The van der Waals surface area contributed by atoms with Gasteiger partial charge in [0.05, 0.1) is 30.4 Å². The highest BCUT2D eigenvalue weighted by Gasteiger charge is 2.76. The maximum absolute atomic E-state index is 16.1. The molecule has 3 amide bonds. The molecule has 2 fully saturated rings. The van der Waals surface area contributed by atoms with E-state index >= 15 is 4.79 Å². The second kappa shape index (κ2) is 16.8. The molecule has 3 aliphatic rings. The average Bonchev–Trinajstić information content (AvgIpc) is 3.72. The van der Waals surface area contributed by atoms with E-state index in [1.54, 1.807) is 36.4 Å². The summed E-state index contributed by atoms with van der Waals surface area (Å²) in [5, 5.41) is 12.5. The van der Waals surface area contributed by atoms with Gasteiger partial charge in [-0.3, -0.25) is 19.3 Å². The van der Waals surface area contributed by atoms with Crippen molar-refractivity contribution < 1.29 is 38.5 Å². The molecule has 1 unspecified atom stereocenters. The van der Waals surface area contributed by atoms with Gasteiger partial charge in [-0.25, -0.2) is 9.69 Å². The fraction of sp³-hybridized carbons (Fsp3) is 0.234. The van der Waals surface area contributed by atoms with E-state index in [0.29, 0.717) is 16.9 Å². The summed E-state index contributed by atoms with van der Waals surface area (Å²) in [6, 6.07) is 36.4. The number of carbonyl (C=O) groups excluding carboxylic acids is 4. The zero-order valence-electron chi connectivity index (χ0n) is 32.1. The van der Waals surface area contributed by atoms with Gasteiger partial charge in [-0.15, -0.1) is 0 Å². The lowest BCUT2D eigenvalue weighted by molar-refractivity contribution is -0.180. The first-order valence-electron chi connectivity index (χ1n) is 19.4. The van der Waals surface area contributed by atoms with Crippen molar-refractivity contribution in [1.82, 2.24) is 10.2 Å². The number of morpholine rings is 1. The largest absolute Gasteiger partial charge is 0.491 e. The van der Waals surface area contributed by atoms with Crippen LogP contribution in [0.1, 0.15) is 59.0 Å². The van der Waals surface area contributed by atoms with Crippen LogP contribution < -0.4 is 15.0 Å². The third-order valence-electron chi connectivity index (χ3n) is 11.4. The number of hydrogen-bond acceptors (Lipinski definition) is 9. The van der Waals surface area contributed by atoms with Gasteiger partial charge in [-0.2, -0.15) is 0 Å². The maximum Gasteiger partial charge on any atom is 0.329 e. The van der Waals surface area contributed by atoms with Crippen molar-refractivity contribution in [2.45, 2.75) is 42.6 Å². The molecule has 300 valence electrons. The Bertz CT molecular complexity index is 2360. The lowest BCUT2D eigenvalue weighted by Crippen LogP contribution is -2.54. The van der Waals surface area contributed by atoms with Gasteiger partial charge in [-0.1, -0.05) is 116 Å². The minimum Gasteiger partial charge on any atom is -0.491 e. The fourth-order valence-corrected chi connectivity index (χ4v) is 9.55. The lowest BCUT2D eigenvalue weighted by Gasteiger charge is -2.46. The Balaban J connectivity index is 1.41. The number of benzene rings is 5. The highest BCUT2D eigenvalue weighted by molar-refractivity contribution is 14.1. The number of halogens is 1. The molecule has 59 heavy (non-hydrogen) atoms. The molecule has 7 atom stereocenters. The highest BCUT2D eigenvalue weighted by atomic mass is 127. The predicted molar refractivity (Wildman–Crippen MR) is 228 cm³/mol. The average molecular weight is 904 g/mol. The van der Waals surface area contributed by atoms with E-state index < -0.39 is 65.5 Å². The molecular formula is C47H42IN3O8. The normalized spacial score (nSPS) is 23.8. The van der Waals surface area contributed by atoms with Gasteiger partial charge in [0.25, 0.3) is 0 Å². The number of nitrogens with one attached hydrogen (secondary N) is 1. The van der Waals surface area contributed by atoms with Crippen LogP contribution in [0.2, 0.25) is 0 Å². The Labute approximate surface area is 355 Å². The minimum atomic E-state index is -1.92. The van der Waals surface area contributed by atoms with Gasteiger partial charge in [0.15, 0.2) is 0 Å². The topological polar surface area (TPSA) is 135 Å². The van der Waals surface area contributed by atoms with Crippen molar-refractivity contribution in [1.29, 1.82) is 0 Å². The zero-order valence-corrected chi connectivity index (χ0v) is 34.3. The molecule has 2 saturated heterocycles. The molecule has 0 aromatic heterocycles. The Morgan fingerprint density at radius 1 is 0.881 bits per heavy atom. The first-order chi connectivity index (χ1) is 28.7. The number of esters is 2. The molecule has 12 heteroatoms. The van der Waals surface area contributed by atoms with Gasteiger partial charge >= 0.3 is 18.0 Å². The molecule has 8 rings (SSSR count). The summed E-state index contributed by atoms with van der Waals surface area (Å²) in [7, 11) is 0. The van der Waals surface area contributed by atoms with Gasteiger partial charge < -0.3 is 24.6 Å². The number of carbonyl (C=O) groups is 4. The summed E-state index contributed by atoms with van der Waals surface area (Å²) in [5.74, 6) is -3.25. The maximum atomic E-state index is 16.1. The number of amides is 3. The molecule has 5 aromatic carbocycles. The number of rotatable bonds is 11. The van der Waals surface area contributed by atoms with Gasteiger partial charge in [0.1, 0.15) is 42.4 Å². The Morgan fingerprint density at radius 3 is 2.17 bits per heavy atom. The molecule has 0 aliphatic carbocycles. The number of nitrogens with zero attached hydrogens (tertiary/aromatic N) is 2. The Hall–Kier alpha value is -5.83. The van der Waals surface area contributed by atoms with Crippen LogP contribution in [0.15, 0.2) is 146 Å². The molecule has 5 aromatic rings. The quantitative estimate of drug-likeness (QED) is 0.0784. The van der Waals surface area contributed by atoms with E-state index in [1.807, 2.05) is 109 Å².